The van der Waals surface area contributed by atoms with E-state index in [1.807, 2.05) is 0 Å². The smallest absolute Gasteiger partial charge is 0.548 e. The molecule has 7 heteroatoms. The topological polar surface area (TPSA) is 104 Å². The third-order valence-electron chi connectivity index (χ3n) is 3.19. The minimum Gasteiger partial charge on any atom is -0.548 e. The van der Waals surface area contributed by atoms with Gasteiger partial charge in [0.1, 0.15) is 0 Å². The van der Waals surface area contributed by atoms with Crippen molar-refractivity contribution >= 4 is 49.7 Å². The van der Waals surface area contributed by atoms with Crippen molar-refractivity contribution < 1.29 is 19.8 Å². The molecule has 0 aromatic heterocycles. The Morgan fingerprint density at radius 3 is 1.32 bits per heavy atom. The number of carbonyl (C=O) groups excluding carboxylic acids is 2. The van der Waals surface area contributed by atoms with Crippen molar-refractivity contribution in [3.8, 4) is 0 Å². The SMILES string of the molecule is O=C([O-])C1CCCCN1.O=C([O-])C1CCCCN1.[Ca+2]. The average molecular weight is 296 g/mol. The number of carbonyl (C=O) groups is 2. The fourth-order valence-electron chi connectivity index (χ4n) is 2.11. The van der Waals surface area contributed by atoms with Crippen molar-refractivity contribution in [3.63, 3.8) is 0 Å². The van der Waals surface area contributed by atoms with Crippen LogP contribution in [0.4, 0.5) is 0 Å². The Balaban J connectivity index is 0.000000324. The summed E-state index contributed by atoms with van der Waals surface area (Å²) in [6.45, 7) is 1.64. The Morgan fingerprint density at radius 1 is 0.789 bits per heavy atom. The molecule has 0 amide bonds. The Hall–Kier alpha value is 0.120. The fourth-order valence-corrected chi connectivity index (χ4v) is 2.11. The minimum atomic E-state index is -0.963. The van der Waals surface area contributed by atoms with Gasteiger partial charge in [0.25, 0.3) is 0 Å². The number of hydrogen-bond acceptors (Lipinski definition) is 6. The average Bonchev–Trinajstić information content (AvgIpc) is 2.41. The molecule has 104 valence electrons. The molecule has 2 N–H and O–H groups in total. The van der Waals surface area contributed by atoms with Gasteiger partial charge in [-0.3, -0.25) is 0 Å². The summed E-state index contributed by atoms with van der Waals surface area (Å²) in [5.41, 5.74) is 0. The second-order valence-corrected chi connectivity index (χ2v) is 4.64. The van der Waals surface area contributed by atoms with Gasteiger partial charge < -0.3 is 30.4 Å². The van der Waals surface area contributed by atoms with Crippen LogP contribution in [0.25, 0.3) is 0 Å². The summed E-state index contributed by atoms with van der Waals surface area (Å²) in [4.78, 5) is 20.4. The second kappa shape index (κ2) is 10.9. The van der Waals surface area contributed by atoms with Gasteiger partial charge in [-0.1, -0.05) is 12.8 Å². The van der Waals surface area contributed by atoms with Crippen molar-refractivity contribution in [2.24, 2.45) is 0 Å². The molecule has 2 rings (SSSR count). The molecule has 6 nitrogen and oxygen atoms in total. The molecule has 2 heterocycles. The van der Waals surface area contributed by atoms with E-state index in [2.05, 4.69) is 10.6 Å². The van der Waals surface area contributed by atoms with Crippen LogP contribution in [0.15, 0.2) is 0 Å². The summed E-state index contributed by atoms with van der Waals surface area (Å²) in [6.07, 6.45) is 5.63. The molecule has 2 saturated heterocycles. The molecule has 2 aliphatic heterocycles. The monoisotopic (exact) mass is 296 g/mol. The molecule has 0 bridgehead atoms. The number of hydrogen-bond donors (Lipinski definition) is 2. The molecule has 19 heavy (non-hydrogen) atoms. The maximum Gasteiger partial charge on any atom is 2.00 e. The first kappa shape index (κ1) is 19.1. The van der Waals surface area contributed by atoms with Crippen LogP contribution >= 0.6 is 0 Å². The third-order valence-corrected chi connectivity index (χ3v) is 3.19. The molecular formula is C12H20CaN2O4. The van der Waals surface area contributed by atoms with Gasteiger partial charge in [-0.15, -0.1) is 0 Å². The predicted octanol–water partition coefficient (Wildman–Crippen LogP) is -2.62. The Bertz CT molecular complexity index is 249. The van der Waals surface area contributed by atoms with Gasteiger partial charge in [-0.25, -0.2) is 0 Å². The minimum absolute atomic E-state index is 0. The van der Waals surface area contributed by atoms with E-state index in [4.69, 9.17) is 0 Å². The summed E-state index contributed by atoms with van der Waals surface area (Å²) in [5, 5.41) is 26.1. The molecule has 2 atom stereocenters. The van der Waals surface area contributed by atoms with Crippen LogP contribution in [0, 0.1) is 0 Å². The Labute approximate surface area is 143 Å². The summed E-state index contributed by atoms with van der Waals surface area (Å²) in [7, 11) is 0. The van der Waals surface area contributed by atoms with Crippen LogP contribution in [0.3, 0.4) is 0 Å². The molecule has 0 spiro atoms. The molecule has 0 aromatic rings. The zero-order valence-electron chi connectivity index (χ0n) is 11.2. The van der Waals surface area contributed by atoms with Crippen molar-refractivity contribution in [1.29, 1.82) is 0 Å². The van der Waals surface area contributed by atoms with Gasteiger partial charge in [0.15, 0.2) is 0 Å². The van der Waals surface area contributed by atoms with E-state index in [-0.39, 0.29) is 37.7 Å². The van der Waals surface area contributed by atoms with E-state index in [0.717, 1.165) is 51.6 Å². The van der Waals surface area contributed by atoms with E-state index in [1.165, 1.54) is 0 Å². The third kappa shape index (κ3) is 8.09. The standard InChI is InChI=1S/2C6H11NO2.Ca/c2*8-6(9)5-3-1-2-4-7-5;/h2*5,7H,1-4H2,(H,8,9);/q;;+2/p-2. The first-order chi connectivity index (χ1) is 8.61. The largest absolute Gasteiger partial charge is 2.00 e. The normalized spacial score (nSPS) is 26.3. The number of piperidine rings is 2. The Kier molecular flexibility index (Phi) is 10.9. The van der Waals surface area contributed by atoms with Crippen LogP contribution in [0.1, 0.15) is 38.5 Å². The van der Waals surface area contributed by atoms with Crippen LogP contribution in [0.5, 0.6) is 0 Å². The van der Waals surface area contributed by atoms with Gasteiger partial charge in [0.05, 0.1) is 11.9 Å². The van der Waals surface area contributed by atoms with Gasteiger partial charge >= 0.3 is 37.7 Å². The van der Waals surface area contributed by atoms with Crippen molar-refractivity contribution in [3.05, 3.63) is 0 Å². The molecule has 2 unspecified atom stereocenters. The van der Waals surface area contributed by atoms with Gasteiger partial charge in [-0.05, 0) is 38.8 Å². The maximum atomic E-state index is 10.2. The second-order valence-electron chi connectivity index (χ2n) is 4.64. The molecule has 0 aliphatic carbocycles. The number of carboxylic acid groups (broad SMARTS) is 2. The zero-order valence-corrected chi connectivity index (χ0v) is 13.4. The first-order valence-corrected chi connectivity index (χ1v) is 6.49. The van der Waals surface area contributed by atoms with Gasteiger partial charge in [0.2, 0.25) is 0 Å². The number of carboxylic acids is 2. The van der Waals surface area contributed by atoms with Crippen LogP contribution in [-0.2, 0) is 9.59 Å². The molecule has 0 saturated carbocycles. The summed E-state index contributed by atoms with van der Waals surface area (Å²) in [6, 6.07) is -0.780. The van der Waals surface area contributed by atoms with E-state index in [9.17, 15) is 19.8 Å². The number of rotatable bonds is 2. The van der Waals surface area contributed by atoms with Crippen molar-refractivity contribution in [2.75, 3.05) is 13.1 Å². The summed E-state index contributed by atoms with van der Waals surface area (Å²) < 4.78 is 0. The summed E-state index contributed by atoms with van der Waals surface area (Å²) >= 11 is 0. The molecule has 0 aromatic carbocycles. The van der Waals surface area contributed by atoms with E-state index in [1.54, 1.807) is 0 Å². The Morgan fingerprint density at radius 2 is 1.16 bits per heavy atom. The molecular weight excluding hydrogens is 276 g/mol. The maximum absolute atomic E-state index is 10.2. The number of nitrogens with one attached hydrogen (secondary N) is 2. The first-order valence-electron chi connectivity index (χ1n) is 6.49. The van der Waals surface area contributed by atoms with Gasteiger partial charge in [0, 0.05) is 12.1 Å². The van der Waals surface area contributed by atoms with Crippen molar-refractivity contribution in [1.82, 2.24) is 10.6 Å². The molecule has 0 radical (unpaired) electrons. The number of aliphatic carboxylic acids is 2. The van der Waals surface area contributed by atoms with E-state index >= 15 is 0 Å². The quantitative estimate of drug-likeness (QED) is 0.541. The summed E-state index contributed by atoms with van der Waals surface area (Å²) in [5.74, 6) is -1.93. The predicted molar refractivity (Wildman–Crippen MR) is 67.1 cm³/mol. The zero-order chi connectivity index (χ0) is 13.4. The fraction of sp³-hybridized carbons (Fsp3) is 0.833. The molecule has 2 aliphatic rings. The van der Waals surface area contributed by atoms with Gasteiger partial charge in [-0.2, -0.15) is 0 Å². The van der Waals surface area contributed by atoms with E-state index < -0.39 is 24.0 Å². The molecule has 2 fully saturated rings. The van der Waals surface area contributed by atoms with Crippen LogP contribution in [0.2, 0.25) is 0 Å². The van der Waals surface area contributed by atoms with Crippen LogP contribution in [-0.4, -0.2) is 74.9 Å². The van der Waals surface area contributed by atoms with Crippen molar-refractivity contribution in [2.45, 2.75) is 50.6 Å². The van der Waals surface area contributed by atoms with E-state index in [0.29, 0.717) is 0 Å². The van der Waals surface area contributed by atoms with Crippen LogP contribution < -0.4 is 20.8 Å².